The van der Waals surface area contributed by atoms with Crippen molar-refractivity contribution in [3.8, 4) is 0 Å². The van der Waals surface area contributed by atoms with Crippen molar-refractivity contribution in [1.29, 1.82) is 0 Å². The Labute approximate surface area is 119 Å². The standard InChI is InChI=1S/C13H14BrClN2O/c1-8-2-3-9(11(15)6-8)7-12(17-16)10-4-5-18-13(10)14/h2-6,12,17H,7,16H2,1H3. The molecule has 0 aliphatic rings. The predicted octanol–water partition coefficient (Wildman–Crippen LogP) is 3.75. The Kier molecular flexibility index (Phi) is 4.45. The average Bonchev–Trinajstić information content (AvgIpc) is 2.75. The fraction of sp³-hybridized carbons (Fsp3) is 0.231. The third-order valence-corrected chi connectivity index (χ3v) is 3.85. The van der Waals surface area contributed by atoms with E-state index in [-0.39, 0.29) is 6.04 Å². The lowest BCUT2D eigenvalue weighted by atomic mass is 10.0. The van der Waals surface area contributed by atoms with Crippen molar-refractivity contribution in [2.45, 2.75) is 19.4 Å². The van der Waals surface area contributed by atoms with Gasteiger partial charge in [0, 0.05) is 10.6 Å². The molecule has 96 valence electrons. The first-order valence-electron chi connectivity index (χ1n) is 5.56. The van der Waals surface area contributed by atoms with Gasteiger partial charge in [-0.1, -0.05) is 23.7 Å². The topological polar surface area (TPSA) is 51.2 Å². The van der Waals surface area contributed by atoms with Gasteiger partial charge in [-0.05, 0) is 52.5 Å². The van der Waals surface area contributed by atoms with E-state index in [1.807, 2.05) is 31.2 Å². The van der Waals surface area contributed by atoms with Gasteiger partial charge in [0.1, 0.15) is 0 Å². The Bertz CT molecular complexity index is 542. The normalized spacial score (nSPS) is 12.7. The van der Waals surface area contributed by atoms with E-state index in [9.17, 15) is 0 Å². The quantitative estimate of drug-likeness (QED) is 0.663. The van der Waals surface area contributed by atoms with Gasteiger partial charge in [0.25, 0.3) is 0 Å². The molecular weight excluding hydrogens is 316 g/mol. The largest absolute Gasteiger partial charge is 0.457 e. The second-order valence-electron chi connectivity index (χ2n) is 4.17. The maximum Gasteiger partial charge on any atom is 0.173 e. The number of nitrogens with two attached hydrogens (primary N) is 1. The zero-order valence-electron chi connectivity index (χ0n) is 9.91. The summed E-state index contributed by atoms with van der Waals surface area (Å²) in [6.07, 6.45) is 2.33. The molecule has 5 heteroatoms. The van der Waals surface area contributed by atoms with E-state index in [0.717, 1.165) is 21.7 Å². The van der Waals surface area contributed by atoms with E-state index in [1.165, 1.54) is 0 Å². The van der Waals surface area contributed by atoms with Gasteiger partial charge < -0.3 is 4.42 Å². The Balaban J connectivity index is 2.23. The molecule has 0 saturated heterocycles. The smallest absolute Gasteiger partial charge is 0.173 e. The van der Waals surface area contributed by atoms with Crippen molar-refractivity contribution in [2.75, 3.05) is 0 Å². The van der Waals surface area contributed by atoms with Gasteiger partial charge in [-0.25, -0.2) is 0 Å². The van der Waals surface area contributed by atoms with Crippen LogP contribution in [0, 0.1) is 6.92 Å². The van der Waals surface area contributed by atoms with Crippen molar-refractivity contribution in [1.82, 2.24) is 5.43 Å². The van der Waals surface area contributed by atoms with Gasteiger partial charge in [-0.15, -0.1) is 0 Å². The molecule has 1 aromatic heterocycles. The minimum absolute atomic E-state index is 0.0432. The van der Waals surface area contributed by atoms with Crippen molar-refractivity contribution in [3.05, 3.63) is 56.9 Å². The zero-order valence-corrected chi connectivity index (χ0v) is 12.3. The number of halogens is 2. The van der Waals surface area contributed by atoms with Gasteiger partial charge in [0.2, 0.25) is 0 Å². The number of hydrazine groups is 1. The molecule has 2 rings (SSSR count). The molecule has 0 spiro atoms. The Hall–Kier alpha value is -0.810. The summed E-state index contributed by atoms with van der Waals surface area (Å²) >= 11 is 9.58. The predicted molar refractivity (Wildman–Crippen MR) is 76.4 cm³/mol. The number of rotatable bonds is 4. The van der Waals surface area contributed by atoms with Crippen LogP contribution in [0.5, 0.6) is 0 Å². The highest BCUT2D eigenvalue weighted by atomic mass is 79.9. The van der Waals surface area contributed by atoms with E-state index in [4.69, 9.17) is 21.9 Å². The van der Waals surface area contributed by atoms with E-state index < -0.39 is 0 Å². The van der Waals surface area contributed by atoms with Gasteiger partial charge in [0.15, 0.2) is 4.67 Å². The van der Waals surface area contributed by atoms with E-state index in [1.54, 1.807) is 6.26 Å². The molecule has 1 atom stereocenters. The van der Waals surface area contributed by atoms with Crippen molar-refractivity contribution >= 4 is 27.5 Å². The number of hydrogen-bond acceptors (Lipinski definition) is 3. The molecule has 3 N–H and O–H groups in total. The first-order chi connectivity index (χ1) is 8.61. The first-order valence-corrected chi connectivity index (χ1v) is 6.73. The number of hydrogen-bond donors (Lipinski definition) is 2. The van der Waals surface area contributed by atoms with E-state index in [0.29, 0.717) is 11.1 Å². The van der Waals surface area contributed by atoms with Gasteiger partial charge >= 0.3 is 0 Å². The summed E-state index contributed by atoms with van der Waals surface area (Å²) in [7, 11) is 0. The molecule has 0 radical (unpaired) electrons. The fourth-order valence-corrected chi connectivity index (χ4v) is 2.68. The van der Waals surface area contributed by atoms with Gasteiger partial charge in [0.05, 0.1) is 12.3 Å². The first kappa shape index (κ1) is 13.6. The number of furan rings is 1. The Morgan fingerprint density at radius 2 is 2.22 bits per heavy atom. The summed E-state index contributed by atoms with van der Waals surface area (Å²) in [6, 6.07) is 7.86. The van der Waals surface area contributed by atoms with Crippen LogP contribution in [-0.2, 0) is 6.42 Å². The molecule has 2 aromatic rings. The lowest BCUT2D eigenvalue weighted by Gasteiger charge is -2.16. The summed E-state index contributed by atoms with van der Waals surface area (Å²) in [5.74, 6) is 5.61. The summed E-state index contributed by atoms with van der Waals surface area (Å²) in [4.78, 5) is 0. The molecule has 1 unspecified atom stereocenters. The van der Waals surface area contributed by atoms with Crippen molar-refractivity contribution in [2.24, 2.45) is 5.84 Å². The van der Waals surface area contributed by atoms with Gasteiger partial charge in [-0.3, -0.25) is 11.3 Å². The van der Waals surface area contributed by atoms with E-state index >= 15 is 0 Å². The highest BCUT2D eigenvalue weighted by Gasteiger charge is 2.17. The van der Waals surface area contributed by atoms with Crippen molar-refractivity contribution < 1.29 is 4.42 Å². The summed E-state index contributed by atoms with van der Waals surface area (Å²) in [6.45, 7) is 2.01. The van der Waals surface area contributed by atoms with Crippen LogP contribution in [0.25, 0.3) is 0 Å². The molecule has 0 bridgehead atoms. The number of nitrogens with one attached hydrogen (secondary N) is 1. The van der Waals surface area contributed by atoms with E-state index in [2.05, 4.69) is 21.4 Å². The molecular formula is C13H14BrClN2O. The zero-order chi connectivity index (χ0) is 13.1. The molecule has 0 fully saturated rings. The van der Waals surface area contributed by atoms with Crippen LogP contribution in [0.3, 0.4) is 0 Å². The monoisotopic (exact) mass is 328 g/mol. The van der Waals surface area contributed by atoms with Crippen LogP contribution in [0.15, 0.2) is 39.6 Å². The second-order valence-corrected chi connectivity index (χ2v) is 5.30. The van der Waals surface area contributed by atoms with Crippen LogP contribution in [0.2, 0.25) is 5.02 Å². The second kappa shape index (κ2) is 5.89. The van der Waals surface area contributed by atoms with Crippen LogP contribution in [0.1, 0.15) is 22.7 Å². The van der Waals surface area contributed by atoms with Crippen LogP contribution in [-0.4, -0.2) is 0 Å². The minimum atomic E-state index is -0.0432. The Morgan fingerprint density at radius 1 is 1.44 bits per heavy atom. The molecule has 0 aliphatic carbocycles. The lowest BCUT2D eigenvalue weighted by Crippen LogP contribution is -2.29. The van der Waals surface area contributed by atoms with Crippen LogP contribution < -0.4 is 11.3 Å². The highest BCUT2D eigenvalue weighted by Crippen LogP contribution is 2.29. The van der Waals surface area contributed by atoms with Crippen molar-refractivity contribution in [3.63, 3.8) is 0 Å². The SMILES string of the molecule is Cc1ccc(CC(NN)c2ccoc2Br)c(Cl)c1. The molecule has 0 amide bonds. The molecule has 3 nitrogen and oxygen atoms in total. The average molecular weight is 330 g/mol. The summed E-state index contributed by atoms with van der Waals surface area (Å²) in [5.41, 5.74) is 5.97. The third-order valence-electron chi connectivity index (χ3n) is 2.86. The maximum absolute atomic E-state index is 6.23. The third kappa shape index (κ3) is 2.95. The fourth-order valence-electron chi connectivity index (χ4n) is 1.85. The summed E-state index contributed by atoms with van der Waals surface area (Å²) in [5, 5.41) is 0.759. The lowest BCUT2D eigenvalue weighted by molar-refractivity contribution is 0.507. The highest BCUT2D eigenvalue weighted by molar-refractivity contribution is 9.10. The van der Waals surface area contributed by atoms with Crippen LogP contribution >= 0.6 is 27.5 Å². The molecule has 0 saturated carbocycles. The molecule has 18 heavy (non-hydrogen) atoms. The number of benzene rings is 1. The maximum atomic E-state index is 6.23. The molecule has 1 heterocycles. The Morgan fingerprint density at radius 3 is 2.78 bits per heavy atom. The number of aryl methyl sites for hydroxylation is 1. The van der Waals surface area contributed by atoms with Crippen LogP contribution in [0.4, 0.5) is 0 Å². The van der Waals surface area contributed by atoms with Gasteiger partial charge in [-0.2, -0.15) is 0 Å². The minimum Gasteiger partial charge on any atom is -0.457 e. The summed E-state index contributed by atoms with van der Waals surface area (Å²) < 4.78 is 5.91. The molecule has 0 aliphatic heterocycles. The molecule has 1 aromatic carbocycles.